The highest BCUT2D eigenvalue weighted by Crippen LogP contribution is 2.16. The predicted molar refractivity (Wildman–Crippen MR) is 81.2 cm³/mol. The minimum atomic E-state index is -0.259. The molecule has 0 bridgehead atoms. The number of nitrogens with two attached hydrogens (primary N) is 1. The summed E-state index contributed by atoms with van der Waals surface area (Å²) in [5, 5.41) is 5.83. The summed E-state index contributed by atoms with van der Waals surface area (Å²) in [6.07, 6.45) is 1.65. The molecule has 19 heavy (non-hydrogen) atoms. The molecular formula is C13H20N4OS. The molecule has 0 radical (unpaired) electrons. The van der Waals surface area contributed by atoms with E-state index in [1.807, 2.05) is 33.8 Å². The number of nitrogens with one attached hydrogen (secondary N) is 2. The van der Waals surface area contributed by atoms with Gasteiger partial charge >= 0.3 is 0 Å². The monoisotopic (exact) mass is 280 g/mol. The number of hydrogen-bond acceptors (Lipinski definition) is 4. The van der Waals surface area contributed by atoms with E-state index in [0.717, 1.165) is 5.56 Å². The first-order valence-electron chi connectivity index (χ1n) is 6.01. The smallest absolute Gasteiger partial charge is 0.239 e. The average Bonchev–Trinajstić information content (AvgIpc) is 2.23. The standard InChI is InChI=1S/C13H20N4OS/c1-8-5-6-15-12(10(8)11(14)19)16-7-9(18)17-13(2,3)4/h5-6H,7H2,1-4H3,(H2,14,19)(H,15,16)(H,17,18). The third-order valence-corrected chi connectivity index (χ3v) is 2.54. The van der Waals surface area contributed by atoms with Gasteiger partial charge in [0.05, 0.1) is 12.1 Å². The highest BCUT2D eigenvalue weighted by molar-refractivity contribution is 7.80. The van der Waals surface area contributed by atoms with E-state index in [0.29, 0.717) is 11.4 Å². The van der Waals surface area contributed by atoms with Crippen LogP contribution in [0.15, 0.2) is 12.3 Å². The number of carbonyl (C=O) groups excluding carboxylic acids is 1. The fourth-order valence-electron chi connectivity index (χ4n) is 1.63. The molecule has 0 saturated heterocycles. The molecule has 1 aromatic rings. The number of amides is 1. The Labute approximate surface area is 119 Å². The predicted octanol–water partition coefficient (Wildman–Crippen LogP) is 1.35. The summed E-state index contributed by atoms with van der Waals surface area (Å²) in [6.45, 7) is 7.81. The summed E-state index contributed by atoms with van der Waals surface area (Å²) in [6, 6.07) is 1.83. The topological polar surface area (TPSA) is 80.0 Å². The van der Waals surface area contributed by atoms with Crippen LogP contribution in [0.25, 0.3) is 0 Å². The summed E-state index contributed by atoms with van der Waals surface area (Å²) in [5.41, 5.74) is 7.03. The number of carbonyl (C=O) groups is 1. The molecule has 0 saturated carbocycles. The molecule has 4 N–H and O–H groups in total. The summed E-state index contributed by atoms with van der Waals surface area (Å²) >= 11 is 5.00. The van der Waals surface area contributed by atoms with E-state index in [9.17, 15) is 4.79 Å². The van der Waals surface area contributed by atoms with Crippen LogP contribution < -0.4 is 16.4 Å². The van der Waals surface area contributed by atoms with Gasteiger partial charge in [0, 0.05) is 11.7 Å². The van der Waals surface area contributed by atoms with Crippen LogP contribution in [-0.2, 0) is 4.79 Å². The second-order valence-electron chi connectivity index (χ2n) is 5.37. The Kier molecular flexibility index (Phi) is 4.83. The maximum absolute atomic E-state index is 11.7. The van der Waals surface area contributed by atoms with Gasteiger partial charge in [-0.05, 0) is 39.3 Å². The van der Waals surface area contributed by atoms with E-state index in [1.165, 1.54) is 0 Å². The van der Waals surface area contributed by atoms with Crippen LogP contribution in [0.1, 0.15) is 31.9 Å². The Morgan fingerprint density at radius 3 is 2.63 bits per heavy atom. The number of anilines is 1. The van der Waals surface area contributed by atoms with Crippen molar-refractivity contribution in [3.63, 3.8) is 0 Å². The van der Waals surface area contributed by atoms with E-state index in [1.54, 1.807) is 6.20 Å². The number of hydrogen-bond donors (Lipinski definition) is 3. The van der Waals surface area contributed by atoms with Crippen LogP contribution in [0.3, 0.4) is 0 Å². The van der Waals surface area contributed by atoms with Crippen molar-refractivity contribution in [3.05, 3.63) is 23.4 Å². The van der Waals surface area contributed by atoms with Crippen molar-refractivity contribution >= 4 is 28.9 Å². The molecule has 1 aromatic heterocycles. The van der Waals surface area contributed by atoms with Crippen molar-refractivity contribution < 1.29 is 4.79 Å². The largest absolute Gasteiger partial charge is 0.389 e. The molecule has 0 aromatic carbocycles. The fraction of sp³-hybridized carbons (Fsp3) is 0.462. The number of aryl methyl sites for hydroxylation is 1. The molecule has 0 fully saturated rings. The van der Waals surface area contributed by atoms with Gasteiger partial charge in [0.1, 0.15) is 10.8 Å². The Morgan fingerprint density at radius 1 is 1.47 bits per heavy atom. The molecule has 104 valence electrons. The summed E-state index contributed by atoms with van der Waals surface area (Å²) in [7, 11) is 0. The van der Waals surface area contributed by atoms with Gasteiger partial charge in [0.25, 0.3) is 0 Å². The molecule has 1 amide bonds. The van der Waals surface area contributed by atoms with Crippen LogP contribution in [0.5, 0.6) is 0 Å². The lowest BCUT2D eigenvalue weighted by atomic mass is 10.1. The first-order valence-corrected chi connectivity index (χ1v) is 6.42. The quantitative estimate of drug-likeness (QED) is 0.726. The first kappa shape index (κ1) is 15.4. The molecule has 5 nitrogen and oxygen atoms in total. The second-order valence-corrected chi connectivity index (χ2v) is 5.81. The van der Waals surface area contributed by atoms with Gasteiger partial charge in [-0.1, -0.05) is 12.2 Å². The van der Waals surface area contributed by atoms with Crippen LogP contribution in [0.4, 0.5) is 5.82 Å². The molecular weight excluding hydrogens is 260 g/mol. The van der Waals surface area contributed by atoms with Crippen LogP contribution >= 0.6 is 12.2 Å². The number of rotatable bonds is 4. The van der Waals surface area contributed by atoms with E-state index in [-0.39, 0.29) is 23.0 Å². The minimum Gasteiger partial charge on any atom is -0.389 e. The zero-order valence-corrected chi connectivity index (χ0v) is 12.5. The molecule has 1 heterocycles. The first-order chi connectivity index (χ1) is 8.70. The Bertz CT molecular complexity index is 494. The van der Waals surface area contributed by atoms with Gasteiger partial charge in [0.15, 0.2) is 0 Å². The van der Waals surface area contributed by atoms with Gasteiger partial charge in [0.2, 0.25) is 5.91 Å². The fourth-order valence-corrected chi connectivity index (χ4v) is 1.89. The van der Waals surface area contributed by atoms with Crippen LogP contribution in [-0.4, -0.2) is 28.0 Å². The SMILES string of the molecule is Cc1ccnc(NCC(=O)NC(C)(C)C)c1C(N)=S. The van der Waals surface area contributed by atoms with Crippen molar-refractivity contribution in [2.24, 2.45) is 5.73 Å². The lowest BCUT2D eigenvalue weighted by Gasteiger charge is -2.21. The van der Waals surface area contributed by atoms with Gasteiger partial charge < -0.3 is 16.4 Å². The molecule has 6 heteroatoms. The second kappa shape index (κ2) is 5.97. The lowest BCUT2D eigenvalue weighted by molar-refractivity contribution is -0.120. The van der Waals surface area contributed by atoms with E-state index in [2.05, 4.69) is 15.6 Å². The normalized spacial score (nSPS) is 10.9. The molecule has 0 atom stereocenters. The minimum absolute atomic E-state index is 0.107. The van der Waals surface area contributed by atoms with Gasteiger partial charge in [-0.3, -0.25) is 4.79 Å². The number of thiocarbonyl (C=S) groups is 1. The number of pyridine rings is 1. The van der Waals surface area contributed by atoms with Gasteiger partial charge in [-0.2, -0.15) is 0 Å². The van der Waals surface area contributed by atoms with Crippen LogP contribution in [0.2, 0.25) is 0 Å². The maximum Gasteiger partial charge on any atom is 0.239 e. The maximum atomic E-state index is 11.7. The number of nitrogens with zero attached hydrogens (tertiary/aromatic N) is 1. The van der Waals surface area contributed by atoms with Crippen molar-refractivity contribution in [2.45, 2.75) is 33.2 Å². The van der Waals surface area contributed by atoms with E-state index >= 15 is 0 Å². The molecule has 0 aliphatic rings. The Balaban J connectivity index is 2.76. The third kappa shape index (κ3) is 4.82. The summed E-state index contributed by atoms with van der Waals surface area (Å²) in [4.78, 5) is 16.2. The molecule has 1 rings (SSSR count). The summed E-state index contributed by atoms with van der Waals surface area (Å²) in [5.74, 6) is 0.432. The molecule has 0 spiro atoms. The van der Waals surface area contributed by atoms with Crippen molar-refractivity contribution in [3.8, 4) is 0 Å². The van der Waals surface area contributed by atoms with E-state index in [4.69, 9.17) is 18.0 Å². The van der Waals surface area contributed by atoms with Gasteiger partial charge in [-0.15, -0.1) is 0 Å². The Hall–Kier alpha value is -1.69. The highest BCUT2D eigenvalue weighted by atomic mass is 32.1. The Morgan fingerprint density at radius 2 is 2.11 bits per heavy atom. The van der Waals surface area contributed by atoms with Crippen LogP contribution in [0, 0.1) is 6.92 Å². The molecule has 0 aliphatic heterocycles. The number of aromatic nitrogens is 1. The van der Waals surface area contributed by atoms with Crippen molar-refractivity contribution in [2.75, 3.05) is 11.9 Å². The summed E-state index contributed by atoms with van der Waals surface area (Å²) < 4.78 is 0. The third-order valence-electron chi connectivity index (χ3n) is 2.34. The lowest BCUT2D eigenvalue weighted by Crippen LogP contribution is -2.43. The van der Waals surface area contributed by atoms with Crippen molar-refractivity contribution in [1.82, 2.24) is 10.3 Å². The molecule has 0 unspecified atom stereocenters. The zero-order valence-electron chi connectivity index (χ0n) is 11.7. The zero-order chi connectivity index (χ0) is 14.6. The molecule has 0 aliphatic carbocycles. The van der Waals surface area contributed by atoms with E-state index < -0.39 is 0 Å². The average molecular weight is 280 g/mol. The highest BCUT2D eigenvalue weighted by Gasteiger charge is 2.15. The van der Waals surface area contributed by atoms with Crippen molar-refractivity contribution in [1.29, 1.82) is 0 Å². The van der Waals surface area contributed by atoms with Gasteiger partial charge in [-0.25, -0.2) is 4.98 Å².